The van der Waals surface area contributed by atoms with Crippen molar-refractivity contribution in [2.24, 2.45) is 0 Å². The van der Waals surface area contributed by atoms with Crippen molar-refractivity contribution in [1.82, 2.24) is 4.98 Å². The van der Waals surface area contributed by atoms with Gasteiger partial charge >= 0.3 is 5.97 Å². The number of nitrogens with zero attached hydrogens (tertiary/aromatic N) is 1. The van der Waals surface area contributed by atoms with Crippen LogP contribution in [-0.2, 0) is 9.53 Å². The van der Waals surface area contributed by atoms with E-state index in [1.165, 1.54) is 12.1 Å². The molecule has 1 aliphatic rings. The van der Waals surface area contributed by atoms with E-state index < -0.39 is 18.2 Å². The van der Waals surface area contributed by atoms with Crippen molar-refractivity contribution in [3.05, 3.63) is 71.7 Å². The lowest BCUT2D eigenvalue weighted by molar-refractivity contribution is -0.139. The molecule has 1 aromatic heterocycles. The average molecular weight is 464 g/mol. The van der Waals surface area contributed by atoms with Gasteiger partial charge in [0.1, 0.15) is 5.82 Å². The summed E-state index contributed by atoms with van der Waals surface area (Å²) in [6.45, 7) is 3.81. The molecule has 4 rings (SSSR count). The van der Waals surface area contributed by atoms with Gasteiger partial charge in [-0.2, -0.15) is 0 Å². The van der Waals surface area contributed by atoms with E-state index in [-0.39, 0.29) is 24.8 Å². The number of carboxylic acid groups (broad SMARTS) is 1. The van der Waals surface area contributed by atoms with E-state index in [9.17, 15) is 14.3 Å². The molecule has 6 heteroatoms. The lowest BCUT2D eigenvalue weighted by atomic mass is 9.92. The molecule has 0 spiro atoms. The number of halogens is 1. The van der Waals surface area contributed by atoms with Crippen LogP contribution in [-0.4, -0.2) is 39.5 Å². The summed E-state index contributed by atoms with van der Waals surface area (Å²) in [5, 5.41) is 20.2. The molecule has 178 valence electrons. The maximum atomic E-state index is 13.7. The number of para-hydroxylation sites is 1. The number of pyridine rings is 1. The number of aliphatic hydroxyl groups is 1. The number of fused-ring (bicyclic) bond motifs is 1. The minimum atomic E-state index is -1.05. The number of aliphatic hydroxyl groups excluding tert-OH is 1. The Kier molecular flexibility index (Phi) is 7.39. The molecule has 34 heavy (non-hydrogen) atoms. The van der Waals surface area contributed by atoms with Crippen LogP contribution in [0.4, 0.5) is 4.39 Å². The maximum absolute atomic E-state index is 13.7. The van der Waals surface area contributed by atoms with Crippen molar-refractivity contribution in [2.75, 3.05) is 0 Å². The van der Waals surface area contributed by atoms with E-state index in [2.05, 4.69) is 0 Å². The number of benzene rings is 2. The molecule has 0 saturated heterocycles. The monoisotopic (exact) mass is 463 g/mol. The first-order valence-corrected chi connectivity index (χ1v) is 11.7. The molecule has 5 nitrogen and oxygen atoms in total. The van der Waals surface area contributed by atoms with Gasteiger partial charge in [0.05, 0.1) is 35.9 Å². The highest BCUT2D eigenvalue weighted by atomic mass is 19.1. The fourth-order valence-corrected chi connectivity index (χ4v) is 4.30. The molecule has 2 unspecified atom stereocenters. The molecule has 2 aromatic carbocycles. The number of hydrogen-bond donors (Lipinski definition) is 2. The second-order valence-corrected chi connectivity index (χ2v) is 9.15. The molecule has 2 atom stereocenters. The number of carboxylic acids is 1. The Morgan fingerprint density at radius 1 is 1.18 bits per heavy atom. The molecular weight excluding hydrogens is 433 g/mol. The first-order chi connectivity index (χ1) is 16.3. The minimum absolute atomic E-state index is 0.0964. The second-order valence-electron chi connectivity index (χ2n) is 9.15. The van der Waals surface area contributed by atoms with Crippen LogP contribution in [0.25, 0.3) is 28.1 Å². The average Bonchev–Trinajstić information content (AvgIpc) is 3.61. The molecule has 0 radical (unpaired) electrons. The third kappa shape index (κ3) is 5.88. The van der Waals surface area contributed by atoms with Gasteiger partial charge in [-0.25, -0.2) is 4.39 Å². The van der Waals surface area contributed by atoms with Crippen molar-refractivity contribution in [2.45, 2.75) is 63.8 Å². The number of aliphatic carboxylic acids is 1. The summed E-state index contributed by atoms with van der Waals surface area (Å²) in [7, 11) is 0. The van der Waals surface area contributed by atoms with Gasteiger partial charge in [0, 0.05) is 28.9 Å². The van der Waals surface area contributed by atoms with Crippen LogP contribution in [0.5, 0.6) is 0 Å². The Labute approximate surface area is 198 Å². The lowest BCUT2D eigenvalue weighted by Gasteiger charge is -2.20. The smallest absolute Gasteiger partial charge is 0.305 e. The third-order valence-corrected chi connectivity index (χ3v) is 5.90. The zero-order chi connectivity index (χ0) is 24.2. The highest BCUT2D eigenvalue weighted by molar-refractivity contribution is 5.99. The Morgan fingerprint density at radius 3 is 2.53 bits per heavy atom. The molecule has 1 saturated carbocycles. The summed E-state index contributed by atoms with van der Waals surface area (Å²) in [6.07, 6.45) is 4.26. The first kappa shape index (κ1) is 24.0. The number of hydrogen-bond acceptors (Lipinski definition) is 4. The van der Waals surface area contributed by atoms with Crippen molar-refractivity contribution < 1.29 is 24.1 Å². The van der Waals surface area contributed by atoms with Gasteiger partial charge in [0.25, 0.3) is 0 Å². The number of carbonyl (C=O) groups is 1. The van der Waals surface area contributed by atoms with Gasteiger partial charge in [0.15, 0.2) is 0 Å². The predicted molar refractivity (Wildman–Crippen MR) is 131 cm³/mol. The van der Waals surface area contributed by atoms with E-state index in [1.807, 2.05) is 50.3 Å². The summed E-state index contributed by atoms with van der Waals surface area (Å²) in [5.41, 5.74) is 4.74. The molecule has 0 amide bonds. The topological polar surface area (TPSA) is 79.7 Å². The fraction of sp³-hybridized carbons (Fsp3) is 0.357. The SMILES string of the molecule is CC(C)OC(/C=C/c1c(C2CC2)nc2ccccc2c1-c1ccc(F)cc1)CC(O)CC(=O)O. The van der Waals surface area contributed by atoms with Crippen molar-refractivity contribution in [3.8, 4) is 11.1 Å². The second kappa shape index (κ2) is 10.5. The molecule has 1 aliphatic carbocycles. The standard InChI is InChI=1S/C28H30FNO4/c1-17(2)34-22(15-21(31)16-26(32)33)13-14-24-27(18-9-11-20(29)12-10-18)23-5-3-4-6-25(23)30-28(24)19-7-8-19/h3-6,9-14,17,19,21-22,31H,7-8,15-16H2,1-2H3,(H,32,33)/b14-13+. The highest BCUT2D eigenvalue weighted by Crippen LogP contribution is 2.45. The van der Waals surface area contributed by atoms with Crippen LogP contribution < -0.4 is 0 Å². The summed E-state index contributed by atoms with van der Waals surface area (Å²) < 4.78 is 19.7. The van der Waals surface area contributed by atoms with Crippen LogP contribution in [0.15, 0.2) is 54.6 Å². The van der Waals surface area contributed by atoms with E-state index in [1.54, 1.807) is 12.1 Å². The number of rotatable bonds is 10. The minimum Gasteiger partial charge on any atom is -0.481 e. The molecule has 0 aliphatic heterocycles. The molecule has 0 bridgehead atoms. The number of aromatic nitrogens is 1. The van der Waals surface area contributed by atoms with Gasteiger partial charge in [-0.15, -0.1) is 0 Å². The van der Waals surface area contributed by atoms with E-state index >= 15 is 0 Å². The maximum Gasteiger partial charge on any atom is 0.305 e. The van der Waals surface area contributed by atoms with Crippen LogP contribution >= 0.6 is 0 Å². The quantitative estimate of drug-likeness (QED) is 0.388. The summed E-state index contributed by atoms with van der Waals surface area (Å²) in [4.78, 5) is 16.0. The van der Waals surface area contributed by atoms with Gasteiger partial charge < -0.3 is 14.9 Å². The number of ether oxygens (including phenoxy) is 1. The zero-order valence-electron chi connectivity index (χ0n) is 19.4. The summed E-state index contributed by atoms with van der Waals surface area (Å²) >= 11 is 0. The lowest BCUT2D eigenvalue weighted by Crippen LogP contribution is -2.24. The van der Waals surface area contributed by atoms with Crippen molar-refractivity contribution in [1.29, 1.82) is 0 Å². The van der Waals surface area contributed by atoms with Crippen LogP contribution in [0.1, 0.15) is 56.7 Å². The van der Waals surface area contributed by atoms with Gasteiger partial charge in [-0.1, -0.05) is 42.5 Å². The normalized spacial score (nSPS) is 15.8. The molecule has 3 aromatic rings. The first-order valence-electron chi connectivity index (χ1n) is 11.7. The highest BCUT2D eigenvalue weighted by Gasteiger charge is 2.29. The Hall–Kier alpha value is -3.09. The van der Waals surface area contributed by atoms with Crippen molar-refractivity contribution >= 4 is 22.9 Å². The van der Waals surface area contributed by atoms with Gasteiger partial charge in [0.2, 0.25) is 0 Å². The Bertz CT molecular complexity index is 1180. The Balaban J connectivity index is 1.81. The van der Waals surface area contributed by atoms with E-state index in [0.29, 0.717) is 5.92 Å². The molecular formula is C28H30FNO4. The van der Waals surface area contributed by atoms with E-state index in [0.717, 1.165) is 46.1 Å². The van der Waals surface area contributed by atoms with Crippen LogP contribution in [0.2, 0.25) is 0 Å². The van der Waals surface area contributed by atoms with Crippen molar-refractivity contribution in [3.63, 3.8) is 0 Å². The predicted octanol–water partition coefficient (Wildman–Crippen LogP) is 5.95. The van der Waals surface area contributed by atoms with Gasteiger partial charge in [-0.05, 0) is 50.5 Å². The summed E-state index contributed by atoms with van der Waals surface area (Å²) in [5.74, 6) is -0.974. The van der Waals surface area contributed by atoms with Crippen LogP contribution in [0, 0.1) is 5.82 Å². The Morgan fingerprint density at radius 2 is 1.88 bits per heavy atom. The molecule has 1 heterocycles. The van der Waals surface area contributed by atoms with Crippen LogP contribution in [0.3, 0.4) is 0 Å². The third-order valence-electron chi connectivity index (χ3n) is 5.90. The summed E-state index contributed by atoms with van der Waals surface area (Å²) in [6, 6.07) is 14.4. The largest absolute Gasteiger partial charge is 0.481 e. The zero-order valence-corrected chi connectivity index (χ0v) is 19.4. The molecule has 2 N–H and O–H groups in total. The molecule has 1 fully saturated rings. The fourth-order valence-electron chi connectivity index (χ4n) is 4.30. The van der Waals surface area contributed by atoms with E-state index in [4.69, 9.17) is 14.8 Å². The van der Waals surface area contributed by atoms with Gasteiger partial charge in [-0.3, -0.25) is 9.78 Å².